The van der Waals surface area contributed by atoms with Crippen molar-refractivity contribution >= 4 is 15.9 Å². The van der Waals surface area contributed by atoms with Gasteiger partial charge in [0, 0.05) is 38.9 Å². The van der Waals surface area contributed by atoms with Gasteiger partial charge in [0.25, 0.3) is 5.91 Å². The molecule has 0 heterocycles. The fraction of sp³-hybridized carbons (Fsp3) is 0.316. The molecule has 2 rings (SSSR count). The van der Waals surface area contributed by atoms with E-state index in [0.29, 0.717) is 11.3 Å². The molecule has 0 saturated heterocycles. The molecule has 0 spiro atoms. The van der Waals surface area contributed by atoms with Gasteiger partial charge in [0.05, 0.1) is 12.0 Å². The number of rotatable bonds is 8. The molecular formula is C19H24N2O5S. The molecule has 0 saturated carbocycles. The highest BCUT2D eigenvalue weighted by atomic mass is 32.2. The number of hydrogen-bond donors (Lipinski definition) is 1. The Kier molecular flexibility index (Phi) is 6.95. The summed E-state index contributed by atoms with van der Waals surface area (Å²) < 4.78 is 36.1. The minimum atomic E-state index is -3.53. The summed E-state index contributed by atoms with van der Waals surface area (Å²) in [4.78, 5) is 12.5. The first-order valence-corrected chi connectivity index (χ1v) is 9.71. The van der Waals surface area contributed by atoms with Crippen LogP contribution < -0.4 is 10.1 Å². The third-order valence-electron chi connectivity index (χ3n) is 4.11. The van der Waals surface area contributed by atoms with E-state index in [4.69, 9.17) is 9.47 Å². The molecule has 0 aliphatic rings. The van der Waals surface area contributed by atoms with Crippen LogP contribution in [-0.4, -0.2) is 53.5 Å². The maximum Gasteiger partial charge on any atom is 0.251 e. The first-order chi connectivity index (χ1) is 12.8. The molecule has 2 aromatic rings. The van der Waals surface area contributed by atoms with Crippen molar-refractivity contribution in [2.75, 3.05) is 34.9 Å². The lowest BCUT2D eigenvalue weighted by atomic mass is 10.1. The van der Waals surface area contributed by atoms with Crippen molar-refractivity contribution in [3.05, 3.63) is 59.7 Å². The molecule has 0 unspecified atom stereocenters. The molecule has 146 valence electrons. The van der Waals surface area contributed by atoms with Crippen molar-refractivity contribution in [3.63, 3.8) is 0 Å². The Balaban J connectivity index is 2.08. The van der Waals surface area contributed by atoms with Crippen molar-refractivity contribution in [2.45, 2.75) is 11.0 Å². The van der Waals surface area contributed by atoms with E-state index >= 15 is 0 Å². The first-order valence-electron chi connectivity index (χ1n) is 8.27. The van der Waals surface area contributed by atoms with Crippen LogP contribution in [-0.2, 0) is 14.8 Å². The van der Waals surface area contributed by atoms with Crippen LogP contribution in [0.1, 0.15) is 22.0 Å². The molecule has 0 bridgehead atoms. The van der Waals surface area contributed by atoms with Crippen LogP contribution in [0, 0.1) is 0 Å². The molecule has 0 fully saturated rings. The van der Waals surface area contributed by atoms with Crippen LogP contribution in [0.2, 0.25) is 0 Å². The van der Waals surface area contributed by atoms with Gasteiger partial charge in [-0.15, -0.1) is 0 Å². The second kappa shape index (κ2) is 8.98. The van der Waals surface area contributed by atoms with Crippen LogP contribution in [0.5, 0.6) is 5.75 Å². The van der Waals surface area contributed by atoms with Gasteiger partial charge in [0.2, 0.25) is 10.0 Å². The Morgan fingerprint density at radius 1 is 1.07 bits per heavy atom. The smallest absolute Gasteiger partial charge is 0.251 e. The molecular weight excluding hydrogens is 368 g/mol. The highest BCUT2D eigenvalue weighted by Crippen LogP contribution is 2.26. The van der Waals surface area contributed by atoms with E-state index in [2.05, 4.69) is 5.32 Å². The molecule has 1 N–H and O–H groups in total. The monoisotopic (exact) mass is 392 g/mol. The van der Waals surface area contributed by atoms with Crippen LogP contribution in [0.3, 0.4) is 0 Å². The molecule has 27 heavy (non-hydrogen) atoms. The van der Waals surface area contributed by atoms with Gasteiger partial charge in [-0.25, -0.2) is 12.7 Å². The van der Waals surface area contributed by atoms with Gasteiger partial charge < -0.3 is 14.8 Å². The quantitative estimate of drug-likeness (QED) is 0.743. The topological polar surface area (TPSA) is 84.9 Å². The van der Waals surface area contributed by atoms with E-state index < -0.39 is 10.0 Å². The molecule has 0 radical (unpaired) electrons. The average molecular weight is 392 g/mol. The number of ether oxygens (including phenoxy) is 2. The Hall–Kier alpha value is -2.42. The van der Waals surface area contributed by atoms with Gasteiger partial charge in [0.15, 0.2) is 0 Å². The number of nitrogens with one attached hydrogen (secondary N) is 1. The van der Waals surface area contributed by atoms with Crippen LogP contribution in [0.25, 0.3) is 0 Å². The van der Waals surface area contributed by atoms with Gasteiger partial charge in [-0.2, -0.15) is 0 Å². The highest BCUT2D eigenvalue weighted by molar-refractivity contribution is 7.89. The van der Waals surface area contributed by atoms with Crippen LogP contribution in [0.15, 0.2) is 53.4 Å². The number of carbonyl (C=O) groups excluding carboxylic acids is 1. The van der Waals surface area contributed by atoms with Gasteiger partial charge in [-0.05, 0) is 30.3 Å². The third-order valence-corrected chi connectivity index (χ3v) is 5.94. The summed E-state index contributed by atoms with van der Waals surface area (Å²) in [6, 6.07) is 13.2. The lowest BCUT2D eigenvalue weighted by molar-refractivity contribution is 0.0819. The Bertz CT molecular complexity index is 879. The van der Waals surface area contributed by atoms with Gasteiger partial charge in [-0.1, -0.05) is 18.2 Å². The number of para-hydroxylation sites is 1. The summed E-state index contributed by atoms with van der Waals surface area (Å²) in [5.41, 5.74) is 1.19. The summed E-state index contributed by atoms with van der Waals surface area (Å²) in [7, 11) is 2.53. The predicted octanol–water partition coefficient (Wildman–Crippen LogP) is 2.06. The number of hydrogen-bond acceptors (Lipinski definition) is 5. The zero-order chi connectivity index (χ0) is 20.0. The largest absolute Gasteiger partial charge is 0.496 e. The number of amides is 1. The van der Waals surface area contributed by atoms with Crippen molar-refractivity contribution in [1.82, 2.24) is 9.62 Å². The number of carbonyl (C=O) groups is 1. The summed E-state index contributed by atoms with van der Waals surface area (Å²) in [5, 5.41) is 2.80. The molecule has 0 aromatic heterocycles. The summed E-state index contributed by atoms with van der Waals surface area (Å²) in [6.07, 6.45) is -0.376. The van der Waals surface area contributed by atoms with Crippen molar-refractivity contribution < 1.29 is 22.7 Å². The molecule has 8 heteroatoms. The standard InChI is InChI=1S/C19H24N2O5S/c1-21(2)27(23,24)15-11-9-14(10-12-15)19(22)20-13-18(26-4)16-7-5-6-8-17(16)25-3/h5-12,18H,13H2,1-4H3,(H,20,22)/t18-/m1/s1. The Morgan fingerprint density at radius 3 is 2.26 bits per heavy atom. The second-order valence-electron chi connectivity index (χ2n) is 5.99. The number of benzene rings is 2. The number of sulfonamides is 1. The molecule has 0 aliphatic carbocycles. The van der Waals surface area contributed by atoms with Crippen molar-refractivity contribution in [3.8, 4) is 5.75 Å². The van der Waals surface area contributed by atoms with Crippen molar-refractivity contribution in [2.24, 2.45) is 0 Å². The third kappa shape index (κ3) is 4.85. The fourth-order valence-electron chi connectivity index (χ4n) is 2.53. The van der Waals surface area contributed by atoms with Gasteiger partial charge >= 0.3 is 0 Å². The summed E-state index contributed by atoms with van der Waals surface area (Å²) in [5.74, 6) is 0.359. The van der Waals surface area contributed by atoms with Crippen LogP contribution >= 0.6 is 0 Å². The Labute approximate surface area is 160 Å². The normalized spacial score (nSPS) is 12.6. The van der Waals surface area contributed by atoms with E-state index in [1.807, 2.05) is 24.3 Å². The van der Waals surface area contributed by atoms with E-state index in [9.17, 15) is 13.2 Å². The predicted molar refractivity (Wildman–Crippen MR) is 102 cm³/mol. The van der Waals surface area contributed by atoms with Gasteiger partial charge in [-0.3, -0.25) is 4.79 Å². The van der Waals surface area contributed by atoms with E-state index in [-0.39, 0.29) is 23.5 Å². The molecule has 2 aromatic carbocycles. The minimum Gasteiger partial charge on any atom is -0.496 e. The first kappa shape index (κ1) is 20.9. The van der Waals surface area contributed by atoms with E-state index in [0.717, 1.165) is 9.87 Å². The number of nitrogens with zero attached hydrogens (tertiary/aromatic N) is 1. The average Bonchev–Trinajstić information content (AvgIpc) is 2.68. The number of methoxy groups -OCH3 is 2. The second-order valence-corrected chi connectivity index (χ2v) is 8.14. The zero-order valence-electron chi connectivity index (χ0n) is 15.8. The van der Waals surface area contributed by atoms with Gasteiger partial charge in [0.1, 0.15) is 11.9 Å². The molecule has 1 amide bonds. The maximum absolute atomic E-state index is 12.4. The zero-order valence-corrected chi connectivity index (χ0v) is 16.6. The maximum atomic E-state index is 12.4. The molecule has 0 aliphatic heterocycles. The SMILES string of the molecule is COc1ccccc1[C@@H](CNC(=O)c1ccc(S(=O)(=O)N(C)C)cc1)OC. The van der Waals surface area contributed by atoms with Crippen molar-refractivity contribution in [1.29, 1.82) is 0 Å². The minimum absolute atomic E-state index is 0.132. The fourth-order valence-corrected chi connectivity index (χ4v) is 3.43. The summed E-state index contributed by atoms with van der Waals surface area (Å²) in [6.45, 7) is 0.244. The van der Waals surface area contributed by atoms with Crippen LogP contribution in [0.4, 0.5) is 0 Å². The molecule has 7 nitrogen and oxygen atoms in total. The molecule has 1 atom stereocenters. The van der Waals surface area contributed by atoms with E-state index in [1.54, 1.807) is 14.2 Å². The lowest BCUT2D eigenvalue weighted by Gasteiger charge is -2.19. The highest BCUT2D eigenvalue weighted by Gasteiger charge is 2.19. The lowest BCUT2D eigenvalue weighted by Crippen LogP contribution is -2.29. The Morgan fingerprint density at radius 2 is 1.70 bits per heavy atom. The summed E-state index contributed by atoms with van der Waals surface area (Å²) >= 11 is 0. The van der Waals surface area contributed by atoms with E-state index in [1.165, 1.54) is 38.4 Å².